The van der Waals surface area contributed by atoms with Gasteiger partial charge in [0.15, 0.2) is 5.76 Å². The number of aromatic amines is 1. The summed E-state index contributed by atoms with van der Waals surface area (Å²) < 4.78 is 6.70. The maximum Gasteiger partial charge on any atom is 0.291 e. The first-order valence-electron chi connectivity index (χ1n) is 13.5. The highest BCUT2D eigenvalue weighted by molar-refractivity contribution is 7.20. The van der Waals surface area contributed by atoms with Crippen molar-refractivity contribution in [2.75, 3.05) is 36.6 Å². The average Bonchev–Trinajstić information content (AvgIpc) is 3.70. The minimum atomic E-state index is -0.395. The first kappa shape index (κ1) is 27.3. The third kappa shape index (κ3) is 6.04. The van der Waals surface area contributed by atoms with Crippen molar-refractivity contribution in [1.82, 2.24) is 9.88 Å². The normalized spacial score (nSPS) is 11.4. The van der Waals surface area contributed by atoms with Crippen molar-refractivity contribution in [2.45, 2.75) is 12.8 Å². The van der Waals surface area contributed by atoms with Crippen LogP contribution in [0.15, 0.2) is 83.4 Å². The standard InChI is InChI=1S/C32H29N5O4S/c1-37(2)13-3-4-30(38)34-22-6-9-26-20(15-22)17-27(41-26)31(39)35-24-7-10-28-21(16-24)18-29(42-28)32(40)36-23-5-8-25-19(14-23)11-12-33-25/h5-12,14-18,33H,3-4,13H2,1-2H3,(H,34,38)(H,35,39)(H,36,40). The minimum Gasteiger partial charge on any atom is -0.451 e. The molecule has 0 spiro atoms. The molecular weight excluding hydrogens is 550 g/mol. The Morgan fingerprint density at radius 1 is 0.786 bits per heavy atom. The van der Waals surface area contributed by atoms with Gasteiger partial charge in [0.05, 0.1) is 4.88 Å². The lowest BCUT2D eigenvalue weighted by Crippen LogP contribution is -2.17. The van der Waals surface area contributed by atoms with E-state index in [1.165, 1.54) is 11.3 Å². The zero-order valence-electron chi connectivity index (χ0n) is 23.1. The molecular formula is C32H29N5O4S. The van der Waals surface area contributed by atoms with E-state index in [2.05, 4.69) is 20.9 Å². The van der Waals surface area contributed by atoms with Gasteiger partial charge in [0.1, 0.15) is 5.58 Å². The molecule has 6 aromatic rings. The van der Waals surface area contributed by atoms with Gasteiger partial charge >= 0.3 is 0 Å². The molecule has 0 aliphatic carbocycles. The Morgan fingerprint density at radius 2 is 1.50 bits per heavy atom. The summed E-state index contributed by atoms with van der Waals surface area (Å²) in [5.41, 5.74) is 3.51. The second-order valence-electron chi connectivity index (χ2n) is 10.4. The van der Waals surface area contributed by atoms with E-state index in [0.29, 0.717) is 33.6 Å². The van der Waals surface area contributed by atoms with Crippen molar-refractivity contribution in [3.05, 3.63) is 89.6 Å². The molecule has 10 heteroatoms. The van der Waals surface area contributed by atoms with Crippen LogP contribution in [0.3, 0.4) is 0 Å². The number of rotatable bonds is 9. The number of benzene rings is 3. The number of anilines is 3. The number of amides is 3. The molecule has 0 aliphatic rings. The quantitative estimate of drug-likeness (QED) is 0.148. The number of hydrogen-bond donors (Lipinski definition) is 4. The maximum atomic E-state index is 13.0. The van der Waals surface area contributed by atoms with Crippen molar-refractivity contribution < 1.29 is 18.8 Å². The summed E-state index contributed by atoms with van der Waals surface area (Å²) in [5.74, 6) is -0.485. The third-order valence-corrected chi connectivity index (χ3v) is 7.96. The maximum absolute atomic E-state index is 13.0. The van der Waals surface area contributed by atoms with Crippen LogP contribution in [0.2, 0.25) is 0 Å². The van der Waals surface area contributed by atoms with Crippen molar-refractivity contribution in [3.63, 3.8) is 0 Å². The van der Waals surface area contributed by atoms with E-state index >= 15 is 0 Å². The number of hydrogen-bond acceptors (Lipinski definition) is 6. The van der Waals surface area contributed by atoms with Gasteiger partial charge in [-0.05, 0) is 105 Å². The fourth-order valence-electron chi connectivity index (χ4n) is 4.76. The van der Waals surface area contributed by atoms with E-state index in [1.807, 2.05) is 67.7 Å². The van der Waals surface area contributed by atoms with Gasteiger partial charge in [-0.15, -0.1) is 11.3 Å². The topological polar surface area (TPSA) is 119 Å². The molecule has 3 aromatic carbocycles. The Morgan fingerprint density at radius 3 is 2.33 bits per heavy atom. The van der Waals surface area contributed by atoms with Gasteiger partial charge in [-0.1, -0.05) is 0 Å². The number of nitrogens with one attached hydrogen (secondary N) is 4. The smallest absolute Gasteiger partial charge is 0.291 e. The number of nitrogens with zero attached hydrogens (tertiary/aromatic N) is 1. The summed E-state index contributed by atoms with van der Waals surface area (Å²) >= 11 is 1.39. The molecule has 0 bridgehead atoms. The summed E-state index contributed by atoms with van der Waals surface area (Å²) in [7, 11) is 3.95. The fraction of sp³-hybridized carbons (Fsp3) is 0.156. The number of thiophene rings is 1. The zero-order valence-corrected chi connectivity index (χ0v) is 23.9. The van der Waals surface area contributed by atoms with Gasteiger partial charge in [0.25, 0.3) is 11.8 Å². The van der Waals surface area contributed by atoms with E-state index in [1.54, 1.807) is 30.3 Å². The van der Waals surface area contributed by atoms with E-state index < -0.39 is 5.91 Å². The lowest BCUT2D eigenvalue weighted by molar-refractivity contribution is -0.116. The van der Waals surface area contributed by atoms with E-state index in [9.17, 15) is 14.4 Å². The van der Waals surface area contributed by atoms with Gasteiger partial charge in [0, 0.05) is 50.7 Å². The van der Waals surface area contributed by atoms with Crippen molar-refractivity contribution in [2.24, 2.45) is 0 Å². The Hall–Kier alpha value is -4.93. The van der Waals surface area contributed by atoms with Crippen molar-refractivity contribution >= 4 is 78.1 Å². The molecule has 6 rings (SSSR count). The van der Waals surface area contributed by atoms with E-state index in [0.717, 1.165) is 39.6 Å². The summed E-state index contributed by atoms with van der Waals surface area (Å²) in [6.07, 6.45) is 3.06. The zero-order chi connectivity index (χ0) is 29.2. The van der Waals surface area contributed by atoms with Crippen LogP contribution in [-0.4, -0.2) is 48.2 Å². The molecule has 42 heavy (non-hydrogen) atoms. The SMILES string of the molecule is CN(C)CCCC(=O)Nc1ccc2oc(C(=O)Nc3ccc4sc(C(=O)Nc5ccc6[nH]ccc6c5)cc4c3)cc2c1. The monoisotopic (exact) mass is 579 g/mol. The number of H-pyrrole nitrogens is 1. The number of furan rings is 1. The van der Waals surface area contributed by atoms with Gasteiger partial charge in [-0.2, -0.15) is 0 Å². The van der Waals surface area contributed by atoms with Crippen LogP contribution in [0, 0.1) is 0 Å². The van der Waals surface area contributed by atoms with Crippen molar-refractivity contribution in [3.8, 4) is 0 Å². The fourth-order valence-corrected chi connectivity index (χ4v) is 5.70. The van der Waals surface area contributed by atoms with Gasteiger partial charge < -0.3 is 30.3 Å². The molecule has 3 heterocycles. The molecule has 4 N–H and O–H groups in total. The Balaban J connectivity index is 1.11. The highest BCUT2D eigenvalue weighted by Gasteiger charge is 2.16. The first-order valence-corrected chi connectivity index (χ1v) is 14.3. The summed E-state index contributed by atoms with van der Waals surface area (Å²) in [6.45, 7) is 0.842. The molecule has 0 fully saturated rings. The highest BCUT2D eigenvalue weighted by atomic mass is 32.1. The average molecular weight is 580 g/mol. The van der Waals surface area contributed by atoms with Gasteiger partial charge in [-0.3, -0.25) is 14.4 Å². The Kier molecular flexibility index (Phi) is 7.47. The Bertz CT molecular complexity index is 1950. The number of carbonyl (C=O) groups excluding carboxylic acids is 3. The van der Waals surface area contributed by atoms with Crippen LogP contribution in [0.4, 0.5) is 17.1 Å². The molecule has 3 aromatic heterocycles. The molecule has 0 aliphatic heterocycles. The van der Waals surface area contributed by atoms with Crippen LogP contribution >= 0.6 is 11.3 Å². The van der Waals surface area contributed by atoms with E-state index in [-0.39, 0.29) is 17.6 Å². The predicted molar refractivity (Wildman–Crippen MR) is 169 cm³/mol. The molecule has 0 saturated heterocycles. The lowest BCUT2D eigenvalue weighted by atomic mass is 10.2. The van der Waals surface area contributed by atoms with Crippen molar-refractivity contribution in [1.29, 1.82) is 0 Å². The molecule has 0 saturated carbocycles. The highest BCUT2D eigenvalue weighted by Crippen LogP contribution is 2.30. The minimum absolute atomic E-state index is 0.0553. The predicted octanol–water partition coefficient (Wildman–Crippen LogP) is 6.91. The van der Waals surface area contributed by atoms with Crippen LogP contribution in [0.5, 0.6) is 0 Å². The second-order valence-corrected chi connectivity index (χ2v) is 11.5. The number of aromatic nitrogens is 1. The summed E-state index contributed by atoms with van der Waals surface area (Å²) in [6, 6.07) is 21.9. The molecule has 3 amide bonds. The van der Waals surface area contributed by atoms with Crippen LogP contribution in [0.25, 0.3) is 32.0 Å². The molecule has 9 nitrogen and oxygen atoms in total. The van der Waals surface area contributed by atoms with Gasteiger partial charge in [0.2, 0.25) is 5.91 Å². The van der Waals surface area contributed by atoms with Crippen LogP contribution < -0.4 is 16.0 Å². The number of carbonyl (C=O) groups is 3. The summed E-state index contributed by atoms with van der Waals surface area (Å²) in [4.78, 5) is 43.9. The molecule has 0 radical (unpaired) electrons. The van der Waals surface area contributed by atoms with Crippen LogP contribution in [0.1, 0.15) is 33.1 Å². The largest absolute Gasteiger partial charge is 0.451 e. The van der Waals surface area contributed by atoms with Gasteiger partial charge in [-0.25, -0.2) is 0 Å². The van der Waals surface area contributed by atoms with Crippen LogP contribution in [-0.2, 0) is 4.79 Å². The summed E-state index contributed by atoms with van der Waals surface area (Å²) in [5, 5.41) is 11.3. The third-order valence-electron chi connectivity index (χ3n) is 6.84. The first-order chi connectivity index (χ1) is 20.3. The molecule has 212 valence electrons. The molecule has 0 unspecified atom stereocenters. The lowest BCUT2D eigenvalue weighted by Gasteiger charge is -2.09. The Labute approximate surface area is 245 Å². The number of fused-ring (bicyclic) bond motifs is 3. The van der Waals surface area contributed by atoms with E-state index in [4.69, 9.17) is 4.42 Å². The molecule has 0 atom stereocenters. The second kappa shape index (κ2) is 11.5.